The lowest BCUT2D eigenvalue weighted by Gasteiger charge is -2.34. The van der Waals surface area contributed by atoms with Crippen LogP contribution in [0.15, 0.2) is 42.5 Å². The molecule has 0 radical (unpaired) electrons. The summed E-state index contributed by atoms with van der Waals surface area (Å²) in [6.07, 6.45) is 1.14. The Kier molecular flexibility index (Phi) is 6.93. The van der Waals surface area contributed by atoms with Crippen molar-refractivity contribution >= 4 is 17.3 Å². The van der Waals surface area contributed by atoms with Crippen LogP contribution >= 0.6 is 0 Å². The first-order chi connectivity index (χ1) is 13.5. The van der Waals surface area contributed by atoms with Crippen molar-refractivity contribution in [3.05, 3.63) is 53.6 Å². The normalized spacial score (nSPS) is 14.8. The molecule has 150 valence electrons. The second-order valence-electron chi connectivity index (χ2n) is 7.61. The maximum absolute atomic E-state index is 12.3. The number of rotatable bonds is 7. The molecule has 0 aliphatic carbocycles. The van der Waals surface area contributed by atoms with Crippen LogP contribution in [0, 0.1) is 13.8 Å². The Balaban J connectivity index is 1.44. The molecule has 0 aromatic heterocycles. The van der Waals surface area contributed by atoms with E-state index in [0.717, 1.165) is 43.2 Å². The molecule has 2 aromatic rings. The Morgan fingerprint density at radius 3 is 2.57 bits per heavy atom. The molecule has 0 bridgehead atoms. The summed E-state index contributed by atoms with van der Waals surface area (Å²) >= 11 is 0. The summed E-state index contributed by atoms with van der Waals surface area (Å²) < 4.78 is 5.71. The fourth-order valence-corrected chi connectivity index (χ4v) is 3.39. The van der Waals surface area contributed by atoms with Gasteiger partial charge in [-0.15, -0.1) is 0 Å². The van der Waals surface area contributed by atoms with Gasteiger partial charge in [0, 0.05) is 44.0 Å². The lowest BCUT2D eigenvalue weighted by atomic mass is 10.1. The van der Waals surface area contributed by atoms with Gasteiger partial charge in [0.05, 0.1) is 6.61 Å². The van der Waals surface area contributed by atoms with E-state index in [1.165, 1.54) is 11.3 Å². The van der Waals surface area contributed by atoms with E-state index in [-0.39, 0.29) is 5.91 Å². The number of aryl methyl sites for hydroxylation is 2. The number of likely N-dealkylation sites (N-methyl/N-ethyl adjacent to an activating group) is 1. The Bertz CT molecular complexity index is 798. The number of nitrogens with one attached hydrogen (secondary N) is 1. The summed E-state index contributed by atoms with van der Waals surface area (Å²) in [6.45, 7) is 8.89. The number of carbonyl (C=O) groups excluding carboxylic acids is 1. The highest BCUT2D eigenvalue weighted by molar-refractivity contribution is 5.91. The topological polar surface area (TPSA) is 44.8 Å². The molecule has 5 nitrogen and oxygen atoms in total. The van der Waals surface area contributed by atoms with Gasteiger partial charge >= 0.3 is 0 Å². The fourth-order valence-electron chi connectivity index (χ4n) is 3.39. The highest BCUT2D eigenvalue weighted by Crippen LogP contribution is 2.24. The van der Waals surface area contributed by atoms with Crippen molar-refractivity contribution in [2.75, 3.05) is 50.1 Å². The van der Waals surface area contributed by atoms with E-state index in [1.807, 2.05) is 37.3 Å². The van der Waals surface area contributed by atoms with Crippen LogP contribution in [0.4, 0.5) is 11.4 Å². The van der Waals surface area contributed by atoms with Crippen LogP contribution in [0.2, 0.25) is 0 Å². The number of piperazine rings is 1. The molecule has 0 unspecified atom stereocenters. The van der Waals surface area contributed by atoms with Crippen molar-refractivity contribution in [3.8, 4) is 5.75 Å². The monoisotopic (exact) mass is 381 g/mol. The first kappa shape index (κ1) is 20.2. The molecule has 1 saturated heterocycles. The molecule has 0 spiro atoms. The second kappa shape index (κ2) is 9.60. The van der Waals surface area contributed by atoms with Gasteiger partial charge in [-0.3, -0.25) is 4.79 Å². The van der Waals surface area contributed by atoms with Gasteiger partial charge in [0.25, 0.3) is 0 Å². The summed E-state index contributed by atoms with van der Waals surface area (Å²) in [6, 6.07) is 14.3. The van der Waals surface area contributed by atoms with Crippen molar-refractivity contribution in [1.82, 2.24) is 4.90 Å². The van der Waals surface area contributed by atoms with E-state index in [9.17, 15) is 4.79 Å². The van der Waals surface area contributed by atoms with Crippen LogP contribution in [0.5, 0.6) is 5.75 Å². The van der Waals surface area contributed by atoms with Crippen LogP contribution in [0.1, 0.15) is 24.0 Å². The second-order valence-corrected chi connectivity index (χ2v) is 7.61. The number of nitrogens with zero attached hydrogens (tertiary/aromatic N) is 2. The van der Waals surface area contributed by atoms with E-state index in [4.69, 9.17) is 4.74 Å². The zero-order valence-corrected chi connectivity index (χ0v) is 17.2. The van der Waals surface area contributed by atoms with Gasteiger partial charge in [-0.05, 0) is 68.8 Å². The summed E-state index contributed by atoms with van der Waals surface area (Å²) in [5, 5.41) is 3.03. The number of ether oxygens (including phenoxy) is 1. The molecule has 0 saturated carbocycles. The average Bonchev–Trinajstić information content (AvgIpc) is 2.67. The Morgan fingerprint density at radius 2 is 1.86 bits per heavy atom. The molecule has 28 heavy (non-hydrogen) atoms. The minimum absolute atomic E-state index is 0.0308. The number of benzene rings is 2. The SMILES string of the molecule is Cc1cccc(OCCCC(=O)Nc2ccc(N3CCN(C)CC3)cc2C)c1. The smallest absolute Gasteiger partial charge is 0.224 e. The molecule has 0 atom stereocenters. The van der Waals surface area contributed by atoms with Crippen molar-refractivity contribution in [2.24, 2.45) is 0 Å². The van der Waals surface area contributed by atoms with Gasteiger partial charge in [0.15, 0.2) is 0 Å². The third kappa shape index (κ3) is 5.73. The lowest BCUT2D eigenvalue weighted by Crippen LogP contribution is -2.44. The molecule has 1 amide bonds. The molecular weight excluding hydrogens is 350 g/mol. The van der Waals surface area contributed by atoms with Gasteiger partial charge < -0.3 is 19.9 Å². The number of hydrogen-bond acceptors (Lipinski definition) is 4. The van der Waals surface area contributed by atoms with E-state index in [2.05, 4.69) is 41.2 Å². The number of hydrogen-bond donors (Lipinski definition) is 1. The molecule has 1 fully saturated rings. The predicted molar refractivity (Wildman–Crippen MR) is 115 cm³/mol. The molecule has 1 heterocycles. The van der Waals surface area contributed by atoms with Gasteiger partial charge in [-0.25, -0.2) is 0 Å². The number of carbonyl (C=O) groups is 1. The first-order valence-electron chi connectivity index (χ1n) is 10.0. The summed E-state index contributed by atoms with van der Waals surface area (Å²) in [5.41, 5.74) is 4.39. The zero-order valence-electron chi connectivity index (χ0n) is 17.2. The quantitative estimate of drug-likeness (QED) is 0.740. The van der Waals surface area contributed by atoms with Crippen LogP contribution in [0.3, 0.4) is 0 Å². The van der Waals surface area contributed by atoms with Crippen LogP contribution in [-0.4, -0.2) is 50.6 Å². The summed E-state index contributed by atoms with van der Waals surface area (Å²) in [7, 11) is 2.16. The summed E-state index contributed by atoms with van der Waals surface area (Å²) in [4.78, 5) is 17.0. The zero-order chi connectivity index (χ0) is 19.9. The Hall–Kier alpha value is -2.53. The van der Waals surface area contributed by atoms with Gasteiger partial charge in [0.1, 0.15) is 5.75 Å². The van der Waals surface area contributed by atoms with Crippen molar-refractivity contribution in [2.45, 2.75) is 26.7 Å². The fraction of sp³-hybridized carbons (Fsp3) is 0.435. The third-order valence-corrected chi connectivity index (χ3v) is 5.16. The van der Waals surface area contributed by atoms with E-state index >= 15 is 0 Å². The minimum Gasteiger partial charge on any atom is -0.494 e. The van der Waals surface area contributed by atoms with Crippen LogP contribution in [-0.2, 0) is 4.79 Å². The van der Waals surface area contributed by atoms with Gasteiger partial charge in [-0.2, -0.15) is 0 Å². The van der Waals surface area contributed by atoms with E-state index < -0.39 is 0 Å². The standard InChI is InChI=1S/C23H31N3O2/c1-18-6-4-7-21(16-18)28-15-5-8-23(27)24-22-10-9-20(17-19(22)2)26-13-11-25(3)12-14-26/h4,6-7,9-10,16-17H,5,8,11-15H2,1-3H3,(H,24,27). The maximum atomic E-state index is 12.3. The molecule has 1 aliphatic rings. The maximum Gasteiger partial charge on any atom is 0.224 e. The molecule has 5 heteroatoms. The van der Waals surface area contributed by atoms with Crippen molar-refractivity contribution in [3.63, 3.8) is 0 Å². The average molecular weight is 382 g/mol. The first-order valence-corrected chi connectivity index (χ1v) is 10.0. The van der Waals surface area contributed by atoms with Crippen LogP contribution < -0.4 is 15.0 Å². The van der Waals surface area contributed by atoms with Crippen LogP contribution in [0.25, 0.3) is 0 Å². The Morgan fingerprint density at radius 1 is 1.07 bits per heavy atom. The highest BCUT2D eigenvalue weighted by Gasteiger charge is 2.15. The molecule has 1 aliphatic heterocycles. The molecule has 1 N–H and O–H groups in total. The number of anilines is 2. The van der Waals surface area contributed by atoms with Crippen molar-refractivity contribution in [1.29, 1.82) is 0 Å². The predicted octanol–water partition coefficient (Wildman–Crippen LogP) is 3.85. The lowest BCUT2D eigenvalue weighted by molar-refractivity contribution is -0.116. The van der Waals surface area contributed by atoms with Gasteiger partial charge in [-0.1, -0.05) is 12.1 Å². The molecule has 2 aromatic carbocycles. The molecule has 3 rings (SSSR count). The number of amides is 1. The van der Waals surface area contributed by atoms with E-state index in [1.54, 1.807) is 0 Å². The minimum atomic E-state index is 0.0308. The molecular formula is C23H31N3O2. The Labute approximate surface area is 168 Å². The highest BCUT2D eigenvalue weighted by atomic mass is 16.5. The third-order valence-electron chi connectivity index (χ3n) is 5.16. The van der Waals surface area contributed by atoms with E-state index in [0.29, 0.717) is 19.4 Å². The largest absolute Gasteiger partial charge is 0.494 e. The van der Waals surface area contributed by atoms with Gasteiger partial charge in [0.2, 0.25) is 5.91 Å². The summed E-state index contributed by atoms with van der Waals surface area (Å²) in [5.74, 6) is 0.888. The van der Waals surface area contributed by atoms with Crippen molar-refractivity contribution < 1.29 is 9.53 Å².